The van der Waals surface area contributed by atoms with Crippen molar-refractivity contribution in [2.24, 2.45) is 0 Å². The molecule has 1 aromatic heterocycles. The van der Waals surface area contributed by atoms with E-state index in [-0.39, 0.29) is 0 Å². The monoisotopic (exact) mass is 511 g/mol. The third kappa shape index (κ3) is 4.89. The van der Waals surface area contributed by atoms with E-state index in [1.54, 1.807) is 0 Å². The van der Waals surface area contributed by atoms with E-state index in [9.17, 15) is 0 Å². The molecule has 1 aliphatic heterocycles. The lowest BCUT2D eigenvalue weighted by Gasteiger charge is -2.32. The van der Waals surface area contributed by atoms with Gasteiger partial charge in [0.2, 0.25) is 0 Å². The molecule has 5 nitrogen and oxygen atoms in total. The Kier molecular flexibility index (Phi) is 6.38. The zero-order valence-electron chi connectivity index (χ0n) is 22.6. The second-order valence-electron chi connectivity index (χ2n) is 10.8. The Labute approximate surface area is 230 Å². The van der Waals surface area contributed by atoms with E-state index in [2.05, 4.69) is 64.1 Å². The number of nitrogens with zero attached hydrogens (tertiary/aromatic N) is 3. The van der Waals surface area contributed by atoms with Crippen molar-refractivity contribution in [1.82, 2.24) is 15.0 Å². The number of benzene rings is 4. The van der Waals surface area contributed by atoms with Gasteiger partial charge in [-0.25, -0.2) is 15.0 Å². The summed E-state index contributed by atoms with van der Waals surface area (Å²) in [5, 5.41) is 0. The van der Waals surface area contributed by atoms with Crippen molar-refractivity contribution in [3.63, 3.8) is 0 Å². The lowest BCUT2D eigenvalue weighted by Crippen LogP contribution is -2.41. The van der Waals surface area contributed by atoms with Gasteiger partial charge >= 0.3 is 7.12 Å². The van der Waals surface area contributed by atoms with Gasteiger partial charge in [-0.2, -0.15) is 0 Å². The highest BCUT2D eigenvalue weighted by atomic mass is 16.7. The van der Waals surface area contributed by atoms with Crippen LogP contribution in [-0.4, -0.2) is 33.3 Å². The standard InChI is InChI=1S/C33H30BN3O2/c1-32(2)33(3,4)39-34(38-32)28-18-12-11-17-27(28)23-19-21-26(22-20-23)31-36-29(24-13-7-5-8-14-24)35-30(37-31)25-15-9-6-10-16-25/h5-22H,1-4H3. The number of hydrogen-bond donors (Lipinski definition) is 0. The van der Waals surface area contributed by atoms with Crippen molar-refractivity contribution in [2.45, 2.75) is 38.9 Å². The van der Waals surface area contributed by atoms with Crippen molar-refractivity contribution >= 4 is 12.6 Å². The van der Waals surface area contributed by atoms with Crippen LogP contribution in [0.4, 0.5) is 0 Å². The van der Waals surface area contributed by atoms with Crippen LogP contribution < -0.4 is 5.46 Å². The van der Waals surface area contributed by atoms with Gasteiger partial charge in [0.15, 0.2) is 17.5 Å². The molecule has 0 amide bonds. The molecule has 6 rings (SSSR count). The van der Waals surface area contributed by atoms with Crippen LogP contribution in [0.3, 0.4) is 0 Å². The molecule has 1 saturated heterocycles. The van der Waals surface area contributed by atoms with Gasteiger partial charge < -0.3 is 9.31 Å². The zero-order valence-corrected chi connectivity index (χ0v) is 22.6. The molecule has 192 valence electrons. The minimum absolute atomic E-state index is 0.403. The summed E-state index contributed by atoms with van der Waals surface area (Å²) in [6.07, 6.45) is 0. The fourth-order valence-corrected chi connectivity index (χ4v) is 4.67. The van der Waals surface area contributed by atoms with Gasteiger partial charge in [0.05, 0.1) is 11.2 Å². The lowest BCUT2D eigenvalue weighted by molar-refractivity contribution is 0.00578. The molecule has 2 heterocycles. The van der Waals surface area contributed by atoms with Crippen LogP contribution in [0.25, 0.3) is 45.3 Å². The highest BCUT2D eigenvalue weighted by Gasteiger charge is 2.52. The second-order valence-corrected chi connectivity index (χ2v) is 10.8. The topological polar surface area (TPSA) is 57.1 Å². The average molecular weight is 511 g/mol. The number of hydrogen-bond acceptors (Lipinski definition) is 5. The molecular weight excluding hydrogens is 481 g/mol. The van der Waals surface area contributed by atoms with Gasteiger partial charge in [-0.3, -0.25) is 0 Å². The van der Waals surface area contributed by atoms with Crippen molar-refractivity contribution in [3.05, 3.63) is 109 Å². The fraction of sp³-hybridized carbons (Fsp3) is 0.182. The first-order valence-electron chi connectivity index (χ1n) is 13.2. The van der Waals surface area contributed by atoms with E-state index in [1.165, 1.54) is 0 Å². The van der Waals surface area contributed by atoms with E-state index in [0.29, 0.717) is 17.5 Å². The molecule has 0 radical (unpaired) electrons. The third-order valence-corrected chi connectivity index (χ3v) is 7.62. The first-order chi connectivity index (χ1) is 18.8. The molecule has 0 saturated carbocycles. The van der Waals surface area contributed by atoms with E-state index < -0.39 is 18.3 Å². The minimum atomic E-state index is -0.434. The zero-order chi connectivity index (χ0) is 27.0. The highest BCUT2D eigenvalue weighted by Crippen LogP contribution is 2.37. The summed E-state index contributed by atoms with van der Waals surface area (Å²) >= 11 is 0. The molecule has 1 fully saturated rings. The predicted octanol–water partition coefficient (Wildman–Crippen LogP) is 6.84. The van der Waals surface area contributed by atoms with Gasteiger partial charge in [0, 0.05) is 16.7 Å². The highest BCUT2D eigenvalue weighted by molar-refractivity contribution is 6.63. The third-order valence-electron chi connectivity index (χ3n) is 7.62. The molecule has 0 spiro atoms. The lowest BCUT2D eigenvalue weighted by atomic mass is 9.74. The number of aromatic nitrogens is 3. The molecule has 39 heavy (non-hydrogen) atoms. The second kappa shape index (κ2) is 9.88. The van der Waals surface area contributed by atoms with Crippen LogP contribution in [0.5, 0.6) is 0 Å². The van der Waals surface area contributed by atoms with Crippen LogP contribution >= 0.6 is 0 Å². The maximum absolute atomic E-state index is 6.37. The minimum Gasteiger partial charge on any atom is -0.399 e. The maximum atomic E-state index is 6.37. The van der Waals surface area contributed by atoms with Crippen LogP contribution in [0, 0.1) is 0 Å². The Balaban J connectivity index is 1.38. The molecule has 0 aliphatic carbocycles. The summed E-state index contributed by atoms with van der Waals surface area (Å²) in [7, 11) is -0.434. The van der Waals surface area contributed by atoms with Gasteiger partial charge in [-0.15, -0.1) is 0 Å². The summed E-state index contributed by atoms with van der Waals surface area (Å²) in [5.74, 6) is 1.93. The Morgan fingerprint density at radius 2 is 0.846 bits per heavy atom. The van der Waals surface area contributed by atoms with Crippen LogP contribution in [0.2, 0.25) is 0 Å². The molecular formula is C33H30BN3O2. The first-order valence-corrected chi connectivity index (χ1v) is 13.2. The van der Waals surface area contributed by atoms with Gasteiger partial charge in [0.25, 0.3) is 0 Å². The molecule has 4 aromatic carbocycles. The van der Waals surface area contributed by atoms with Crippen molar-refractivity contribution in [1.29, 1.82) is 0 Å². The van der Waals surface area contributed by atoms with Crippen molar-refractivity contribution < 1.29 is 9.31 Å². The largest absolute Gasteiger partial charge is 0.495 e. The molecule has 0 N–H and O–H groups in total. The summed E-state index contributed by atoms with van der Waals surface area (Å²) < 4.78 is 12.7. The quantitative estimate of drug-likeness (QED) is 0.242. The predicted molar refractivity (Wildman–Crippen MR) is 157 cm³/mol. The Hall–Kier alpha value is -4.13. The van der Waals surface area contributed by atoms with E-state index in [0.717, 1.165) is 33.3 Å². The van der Waals surface area contributed by atoms with Crippen LogP contribution in [-0.2, 0) is 9.31 Å². The van der Waals surface area contributed by atoms with Crippen LogP contribution in [0.15, 0.2) is 109 Å². The summed E-state index contributed by atoms with van der Waals surface area (Å²) in [5.41, 5.74) is 5.18. The van der Waals surface area contributed by atoms with Gasteiger partial charge in [0.1, 0.15) is 0 Å². The molecule has 1 aliphatic rings. The molecule has 6 heteroatoms. The summed E-state index contributed by atoms with van der Waals surface area (Å²) in [4.78, 5) is 14.5. The average Bonchev–Trinajstić information content (AvgIpc) is 3.20. The molecule has 0 atom stereocenters. The first kappa shape index (κ1) is 25.2. The SMILES string of the molecule is CC1(C)OB(c2ccccc2-c2ccc(-c3nc(-c4ccccc4)nc(-c4ccccc4)n3)cc2)OC1(C)C. The fourth-order valence-electron chi connectivity index (χ4n) is 4.67. The van der Waals surface area contributed by atoms with Gasteiger partial charge in [-0.1, -0.05) is 109 Å². The van der Waals surface area contributed by atoms with E-state index in [1.807, 2.05) is 72.8 Å². The summed E-state index contributed by atoms with van der Waals surface area (Å²) in [6.45, 7) is 8.30. The maximum Gasteiger partial charge on any atom is 0.495 e. The molecule has 0 bridgehead atoms. The Morgan fingerprint density at radius 1 is 0.462 bits per heavy atom. The van der Waals surface area contributed by atoms with E-state index in [4.69, 9.17) is 24.3 Å². The van der Waals surface area contributed by atoms with E-state index >= 15 is 0 Å². The number of rotatable bonds is 5. The molecule has 0 unspecified atom stereocenters. The normalized spacial score (nSPS) is 15.8. The Bertz CT molecular complexity index is 1530. The van der Waals surface area contributed by atoms with Gasteiger partial charge in [-0.05, 0) is 44.3 Å². The molecule has 5 aromatic rings. The smallest absolute Gasteiger partial charge is 0.399 e. The van der Waals surface area contributed by atoms with Crippen molar-refractivity contribution in [2.75, 3.05) is 0 Å². The summed E-state index contributed by atoms with van der Waals surface area (Å²) in [6, 6.07) is 36.6. The van der Waals surface area contributed by atoms with Crippen molar-refractivity contribution in [3.8, 4) is 45.3 Å². The Morgan fingerprint density at radius 3 is 1.33 bits per heavy atom. The van der Waals surface area contributed by atoms with Crippen LogP contribution in [0.1, 0.15) is 27.7 Å².